The molecular formula is C33H28Cl2N4O4S. The molecule has 1 aliphatic carbocycles. The summed E-state index contributed by atoms with van der Waals surface area (Å²) in [5.41, 5.74) is 5.71. The van der Waals surface area contributed by atoms with Gasteiger partial charge in [-0.2, -0.15) is 0 Å². The number of thiophene rings is 1. The summed E-state index contributed by atoms with van der Waals surface area (Å²) >= 11 is 13.8. The molecule has 6 rings (SSSR count). The van der Waals surface area contributed by atoms with Crippen molar-refractivity contribution in [3.8, 4) is 5.00 Å². The van der Waals surface area contributed by atoms with Gasteiger partial charge in [-0.25, -0.2) is 9.69 Å². The minimum Gasteiger partial charge on any atom is -0.322 e. The first kappa shape index (κ1) is 29.9. The van der Waals surface area contributed by atoms with Crippen molar-refractivity contribution in [2.45, 2.75) is 46.5 Å². The van der Waals surface area contributed by atoms with E-state index in [-0.39, 0.29) is 27.2 Å². The highest BCUT2D eigenvalue weighted by Gasteiger charge is 2.37. The molecule has 1 aliphatic heterocycles. The molecule has 0 radical (unpaired) electrons. The van der Waals surface area contributed by atoms with E-state index in [1.165, 1.54) is 29.2 Å². The Labute approximate surface area is 268 Å². The Bertz CT molecular complexity index is 1910. The maximum Gasteiger partial charge on any atom is 0.335 e. The third-order valence-corrected chi connectivity index (χ3v) is 9.94. The molecule has 0 saturated carbocycles. The minimum absolute atomic E-state index is 0.164. The van der Waals surface area contributed by atoms with Gasteiger partial charge < -0.3 is 9.88 Å². The molecule has 0 spiro atoms. The van der Waals surface area contributed by atoms with Crippen molar-refractivity contribution < 1.29 is 19.2 Å². The number of hydrogen-bond acceptors (Lipinski definition) is 5. The van der Waals surface area contributed by atoms with Crippen LogP contribution in [0.3, 0.4) is 0 Å². The average molecular weight is 648 g/mol. The van der Waals surface area contributed by atoms with Crippen LogP contribution in [0.5, 0.6) is 0 Å². The Morgan fingerprint density at radius 2 is 1.68 bits per heavy atom. The van der Waals surface area contributed by atoms with Crippen molar-refractivity contribution in [1.29, 1.82) is 0 Å². The Morgan fingerprint density at radius 3 is 2.41 bits per heavy atom. The van der Waals surface area contributed by atoms with Gasteiger partial charge in [0.25, 0.3) is 17.7 Å². The molecule has 44 heavy (non-hydrogen) atoms. The van der Waals surface area contributed by atoms with E-state index in [0.717, 1.165) is 63.8 Å². The first-order chi connectivity index (χ1) is 21.0. The molecule has 1 saturated heterocycles. The van der Waals surface area contributed by atoms with Crippen LogP contribution in [-0.2, 0) is 22.4 Å². The van der Waals surface area contributed by atoms with Crippen molar-refractivity contribution in [3.05, 3.63) is 103 Å². The molecule has 1 fully saturated rings. The molecule has 2 aromatic carbocycles. The number of rotatable bonds is 5. The van der Waals surface area contributed by atoms with Crippen LogP contribution in [0.4, 0.5) is 16.2 Å². The van der Waals surface area contributed by atoms with Gasteiger partial charge in [-0.3, -0.25) is 19.7 Å². The smallest absolute Gasteiger partial charge is 0.322 e. The summed E-state index contributed by atoms with van der Waals surface area (Å²) in [5, 5.41) is 6.55. The van der Waals surface area contributed by atoms with Crippen LogP contribution in [0.2, 0.25) is 10.0 Å². The van der Waals surface area contributed by atoms with Gasteiger partial charge in [0.1, 0.15) is 10.6 Å². The summed E-state index contributed by atoms with van der Waals surface area (Å²) in [5.74, 6) is -1.76. The number of imide groups is 2. The number of barbiturate groups is 1. The van der Waals surface area contributed by atoms with Crippen LogP contribution in [0.25, 0.3) is 11.1 Å². The molecule has 224 valence electrons. The zero-order chi connectivity index (χ0) is 31.3. The fourth-order valence-electron chi connectivity index (χ4n) is 5.69. The highest BCUT2D eigenvalue weighted by Crippen LogP contribution is 2.39. The molecule has 2 N–H and O–H groups in total. The molecule has 2 aromatic heterocycles. The average Bonchev–Trinajstić information content (AvgIpc) is 3.49. The number of fused-ring (bicyclic) bond motifs is 1. The fraction of sp³-hybridized carbons (Fsp3) is 0.212. The second-order valence-electron chi connectivity index (χ2n) is 10.9. The number of aromatic nitrogens is 1. The second kappa shape index (κ2) is 11.7. The zero-order valence-electron chi connectivity index (χ0n) is 24.2. The molecule has 8 nitrogen and oxygen atoms in total. The molecule has 0 bridgehead atoms. The van der Waals surface area contributed by atoms with Crippen molar-refractivity contribution in [2.24, 2.45) is 0 Å². The normalized spacial score (nSPS) is 15.9. The Hall–Kier alpha value is -4.18. The Morgan fingerprint density at radius 1 is 0.955 bits per heavy atom. The summed E-state index contributed by atoms with van der Waals surface area (Å²) in [4.78, 5) is 55.0. The Balaban J connectivity index is 1.41. The fourth-order valence-corrected chi connectivity index (χ4v) is 7.48. The van der Waals surface area contributed by atoms with Crippen LogP contribution in [0.15, 0.2) is 54.1 Å². The number of halogens is 2. The van der Waals surface area contributed by atoms with E-state index in [9.17, 15) is 19.2 Å². The maximum atomic E-state index is 13.8. The van der Waals surface area contributed by atoms with E-state index in [0.29, 0.717) is 11.1 Å². The number of anilines is 2. The quantitative estimate of drug-likeness (QED) is 0.172. The van der Waals surface area contributed by atoms with Gasteiger partial charge in [0.15, 0.2) is 0 Å². The molecule has 11 heteroatoms. The third-order valence-electron chi connectivity index (χ3n) is 7.93. The van der Waals surface area contributed by atoms with Crippen molar-refractivity contribution in [3.63, 3.8) is 0 Å². The summed E-state index contributed by atoms with van der Waals surface area (Å²) < 4.78 is 2.01. The number of urea groups is 1. The van der Waals surface area contributed by atoms with Gasteiger partial charge in [-0.1, -0.05) is 40.9 Å². The van der Waals surface area contributed by atoms with E-state index in [4.69, 9.17) is 23.2 Å². The number of aryl methyl sites for hydroxylation is 3. The van der Waals surface area contributed by atoms with Gasteiger partial charge in [0, 0.05) is 22.0 Å². The first-order valence-corrected chi connectivity index (χ1v) is 15.7. The molecule has 4 aromatic rings. The number of benzene rings is 2. The zero-order valence-corrected chi connectivity index (χ0v) is 26.5. The molecule has 0 atom stereocenters. The molecule has 0 unspecified atom stereocenters. The minimum atomic E-state index is -0.880. The van der Waals surface area contributed by atoms with E-state index in [1.54, 1.807) is 11.3 Å². The predicted molar refractivity (Wildman–Crippen MR) is 174 cm³/mol. The van der Waals surface area contributed by atoms with E-state index in [1.807, 2.05) is 55.7 Å². The van der Waals surface area contributed by atoms with Gasteiger partial charge in [-0.05, 0) is 100 Å². The third kappa shape index (κ3) is 5.36. The van der Waals surface area contributed by atoms with Crippen LogP contribution in [-0.4, -0.2) is 28.3 Å². The van der Waals surface area contributed by atoms with E-state index in [2.05, 4.69) is 10.6 Å². The standard InChI is InChI=1S/C33H28Cl2N4O4S/c1-17-8-10-21(11-9-17)36-30(41)28-23-6-4-5-7-27(23)44-32(28)38-18(2)14-20(19(38)3)15-24-29(40)37-33(43)39(31(24)42)22-12-13-25(34)26(35)16-22/h8-16H,4-7H2,1-3H3,(H,36,41)(H,37,40,43)/b24-15+. The van der Waals surface area contributed by atoms with Crippen LogP contribution < -0.4 is 15.5 Å². The number of carbonyl (C=O) groups excluding carboxylic acids is 4. The van der Waals surface area contributed by atoms with Gasteiger partial charge in [0.2, 0.25) is 0 Å². The number of amides is 5. The van der Waals surface area contributed by atoms with Crippen LogP contribution in [0.1, 0.15) is 56.2 Å². The summed E-state index contributed by atoms with van der Waals surface area (Å²) in [6.45, 7) is 5.80. The topological polar surface area (TPSA) is 101 Å². The summed E-state index contributed by atoms with van der Waals surface area (Å²) in [6.07, 6.45) is 5.30. The molecular weight excluding hydrogens is 619 g/mol. The largest absolute Gasteiger partial charge is 0.335 e. The highest BCUT2D eigenvalue weighted by atomic mass is 35.5. The van der Waals surface area contributed by atoms with Crippen LogP contribution in [0, 0.1) is 20.8 Å². The van der Waals surface area contributed by atoms with Crippen LogP contribution >= 0.6 is 34.5 Å². The highest BCUT2D eigenvalue weighted by molar-refractivity contribution is 7.15. The molecule has 3 heterocycles. The van der Waals surface area contributed by atoms with Gasteiger partial charge >= 0.3 is 6.03 Å². The van der Waals surface area contributed by atoms with Crippen molar-refractivity contribution in [1.82, 2.24) is 9.88 Å². The number of nitrogens with one attached hydrogen (secondary N) is 2. The number of carbonyl (C=O) groups is 4. The Kier molecular flexibility index (Phi) is 7.96. The summed E-state index contributed by atoms with van der Waals surface area (Å²) in [7, 11) is 0. The van der Waals surface area contributed by atoms with E-state index < -0.39 is 17.8 Å². The lowest BCUT2D eigenvalue weighted by Crippen LogP contribution is -2.54. The van der Waals surface area contributed by atoms with E-state index >= 15 is 0 Å². The molecule has 2 aliphatic rings. The first-order valence-electron chi connectivity index (χ1n) is 14.1. The lowest BCUT2D eigenvalue weighted by molar-refractivity contribution is -0.122. The van der Waals surface area contributed by atoms with Crippen molar-refractivity contribution in [2.75, 3.05) is 10.2 Å². The number of nitrogens with zero attached hydrogens (tertiary/aromatic N) is 2. The number of hydrogen-bond donors (Lipinski definition) is 2. The molecule has 5 amide bonds. The maximum absolute atomic E-state index is 13.8. The second-order valence-corrected chi connectivity index (χ2v) is 12.8. The van der Waals surface area contributed by atoms with Gasteiger partial charge in [0.05, 0.1) is 21.3 Å². The monoisotopic (exact) mass is 646 g/mol. The lowest BCUT2D eigenvalue weighted by atomic mass is 9.95. The predicted octanol–water partition coefficient (Wildman–Crippen LogP) is 7.57. The summed E-state index contributed by atoms with van der Waals surface area (Å²) in [6, 6.07) is 13.0. The lowest BCUT2D eigenvalue weighted by Gasteiger charge is -2.26. The van der Waals surface area contributed by atoms with Gasteiger partial charge in [-0.15, -0.1) is 11.3 Å². The SMILES string of the molecule is Cc1ccc(NC(=O)c2c(-n3c(C)cc(/C=C4\C(=O)NC(=O)N(c5ccc(Cl)c(Cl)c5)C4=O)c3C)sc3c2CCCC3)cc1. The van der Waals surface area contributed by atoms with Crippen molar-refractivity contribution >= 4 is 75.7 Å².